The quantitative estimate of drug-likeness (QED) is 0.841. The van der Waals surface area contributed by atoms with E-state index in [0.717, 1.165) is 38.8 Å². The Morgan fingerprint density at radius 3 is 3.05 bits per heavy atom. The van der Waals surface area contributed by atoms with E-state index in [-0.39, 0.29) is 5.91 Å². The number of hydrogen-bond acceptors (Lipinski definition) is 5. The van der Waals surface area contributed by atoms with Crippen molar-refractivity contribution in [2.75, 3.05) is 26.2 Å². The Bertz CT molecular complexity index is 464. The summed E-state index contributed by atoms with van der Waals surface area (Å²) < 4.78 is 5.67. The van der Waals surface area contributed by atoms with Crippen LogP contribution in [0, 0.1) is 5.92 Å². The number of piperidine rings is 1. The van der Waals surface area contributed by atoms with Crippen LogP contribution in [0.1, 0.15) is 25.7 Å². The fourth-order valence-corrected chi connectivity index (χ4v) is 2.70. The van der Waals surface area contributed by atoms with Gasteiger partial charge in [-0.1, -0.05) is 0 Å². The number of nitrogens with one attached hydrogen (secondary N) is 1. The highest BCUT2D eigenvalue weighted by Gasteiger charge is 2.26. The lowest BCUT2D eigenvalue weighted by Crippen LogP contribution is -2.44. The number of carbonyl (C=O) groups is 1. The summed E-state index contributed by atoms with van der Waals surface area (Å²) in [5, 5.41) is 3.04. The minimum atomic E-state index is 0.160. The zero-order valence-corrected chi connectivity index (χ0v) is 12.2. The molecule has 1 aromatic heterocycles. The minimum Gasteiger partial charge on any atom is -0.476 e. The highest BCUT2D eigenvalue weighted by Crippen LogP contribution is 2.20. The standard InChI is InChI=1S/C15H22N4O2/c20-14(18-13-3-4-13)10-19-7-1-2-12(9-19)11-21-15-8-16-5-6-17-15/h5-6,8,12-13H,1-4,7,9-11H2,(H,18,20). The summed E-state index contributed by atoms with van der Waals surface area (Å²) in [6, 6.07) is 0.443. The molecule has 1 aliphatic carbocycles. The topological polar surface area (TPSA) is 67.4 Å². The van der Waals surface area contributed by atoms with E-state index < -0.39 is 0 Å². The average Bonchev–Trinajstić information content (AvgIpc) is 3.30. The maximum atomic E-state index is 11.8. The van der Waals surface area contributed by atoms with Crippen molar-refractivity contribution in [3.8, 4) is 5.88 Å². The number of carbonyl (C=O) groups excluding carboxylic acids is 1. The minimum absolute atomic E-state index is 0.160. The van der Waals surface area contributed by atoms with Gasteiger partial charge >= 0.3 is 0 Å². The molecule has 0 aromatic carbocycles. The van der Waals surface area contributed by atoms with Crippen molar-refractivity contribution in [1.82, 2.24) is 20.2 Å². The van der Waals surface area contributed by atoms with E-state index in [0.29, 0.717) is 31.0 Å². The molecule has 1 saturated carbocycles. The third-order valence-corrected chi connectivity index (χ3v) is 3.92. The van der Waals surface area contributed by atoms with Crippen molar-refractivity contribution in [3.05, 3.63) is 18.6 Å². The van der Waals surface area contributed by atoms with Crippen molar-refractivity contribution in [3.63, 3.8) is 0 Å². The first-order valence-electron chi connectivity index (χ1n) is 7.70. The Balaban J connectivity index is 1.41. The Labute approximate surface area is 124 Å². The van der Waals surface area contributed by atoms with E-state index in [1.807, 2.05) is 0 Å². The van der Waals surface area contributed by atoms with Gasteiger partial charge in [0.25, 0.3) is 0 Å². The van der Waals surface area contributed by atoms with Gasteiger partial charge in [0.15, 0.2) is 0 Å². The molecular formula is C15H22N4O2. The van der Waals surface area contributed by atoms with Gasteiger partial charge in [-0.3, -0.25) is 14.7 Å². The van der Waals surface area contributed by atoms with Gasteiger partial charge < -0.3 is 10.1 Å². The monoisotopic (exact) mass is 290 g/mol. The predicted molar refractivity (Wildman–Crippen MR) is 77.9 cm³/mol. The predicted octanol–water partition coefficient (Wildman–Crippen LogP) is 0.846. The van der Waals surface area contributed by atoms with Crippen LogP contribution in [0.2, 0.25) is 0 Å². The van der Waals surface area contributed by atoms with E-state index in [2.05, 4.69) is 20.2 Å². The molecule has 1 atom stereocenters. The van der Waals surface area contributed by atoms with Crippen LogP contribution < -0.4 is 10.1 Å². The van der Waals surface area contributed by atoms with Crippen LogP contribution in [0.4, 0.5) is 0 Å². The van der Waals surface area contributed by atoms with Crippen LogP contribution in [0.3, 0.4) is 0 Å². The van der Waals surface area contributed by atoms with Crippen molar-refractivity contribution in [2.24, 2.45) is 5.92 Å². The number of aromatic nitrogens is 2. The molecule has 0 spiro atoms. The molecule has 1 amide bonds. The first-order chi connectivity index (χ1) is 10.3. The molecule has 1 aromatic rings. The number of likely N-dealkylation sites (tertiary alicyclic amines) is 1. The summed E-state index contributed by atoms with van der Waals surface area (Å²) in [7, 11) is 0. The van der Waals surface area contributed by atoms with Gasteiger partial charge in [-0.15, -0.1) is 0 Å². The third kappa shape index (κ3) is 4.67. The molecule has 1 unspecified atom stereocenters. The second-order valence-corrected chi connectivity index (χ2v) is 5.94. The fraction of sp³-hybridized carbons (Fsp3) is 0.667. The molecule has 1 saturated heterocycles. The molecule has 2 heterocycles. The van der Waals surface area contributed by atoms with E-state index in [9.17, 15) is 4.79 Å². The summed E-state index contributed by atoms with van der Waals surface area (Å²) in [6.07, 6.45) is 9.43. The first kappa shape index (κ1) is 14.3. The van der Waals surface area contributed by atoms with E-state index in [4.69, 9.17) is 4.74 Å². The van der Waals surface area contributed by atoms with Crippen molar-refractivity contribution >= 4 is 5.91 Å². The summed E-state index contributed by atoms with van der Waals surface area (Å²) in [5.74, 6) is 1.18. The smallest absolute Gasteiger partial charge is 0.234 e. The summed E-state index contributed by atoms with van der Waals surface area (Å²) >= 11 is 0. The lowest BCUT2D eigenvalue weighted by Gasteiger charge is -2.31. The van der Waals surface area contributed by atoms with E-state index >= 15 is 0 Å². The molecule has 1 aliphatic heterocycles. The molecule has 21 heavy (non-hydrogen) atoms. The largest absolute Gasteiger partial charge is 0.476 e. The Hall–Kier alpha value is -1.69. The Kier molecular flexibility index (Phi) is 4.65. The van der Waals surface area contributed by atoms with Crippen LogP contribution in [0.15, 0.2) is 18.6 Å². The van der Waals surface area contributed by atoms with Crippen LogP contribution in [-0.2, 0) is 4.79 Å². The third-order valence-electron chi connectivity index (χ3n) is 3.92. The second kappa shape index (κ2) is 6.85. The zero-order chi connectivity index (χ0) is 14.5. The van der Waals surface area contributed by atoms with Gasteiger partial charge in [0.05, 0.1) is 19.3 Å². The molecule has 114 valence electrons. The van der Waals surface area contributed by atoms with Crippen LogP contribution >= 0.6 is 0 Å². The number of rotatable bonds is 6. The van der Waals surface area contributed by atoms with E-state index in [1.54, 1.807) is 18.6 Å². The number of hydrogen-bond donors (Lipinski definition) is 1. The van der Waals surface area contributed by atoms with Crippen LogP contribution in [-0.4, -0.2) is 53.1 Å². The molecule has 0 bridgehead atoms. The average molecular weight is 290 g/mol. The van der Waals surface area contributed by atoms with Crippen LogP contribution in [0.25, 0.3) is 0 Å². The first-order valence-corrected chi connectivity index (χ1v) is 7.70. The molecule has 2 fully saturated rings. The molecule has 6 nitrogen and oxygen atoms in total. The lowest BCUT2D eigenvalue weighted by atomic mass is 9.99. The number of ether oxygens (including phenoxy) is 1. The van der Waals surface area contributed by atoms with Gasteiger partial charge in [-0.05, 0) is 32.2 Å². The summed E-state index contributed by atoms with van der Waals surface area (Å²) in [5.41, 5.74) is 0. The molecular weight excluding hydrogens is 268 g/mol. The SMILES string of the molecule is O=C(CN1CCCC(COc2cnccn2)C1)NC1CC1. The lowest BCUT2D eigenvalue weighted by molar-refractivity contribution is -0.122. The molecule has 3 rings (SSSR count). The summed E-state index contributed by atoms with van der Waals surface area (Å²) in [4.78, 5) is 22.2. The fourth-order valence-electron chi connectivity index (χ4n) is 2.70. The molecule has 6 heteroatoms. The summed E-state index contributed by atoms with van der Waals surface area (Å²) in [6.45, 7) is 3.07. The molecule has 2 aliphatic rings. The Morgan fingerprint density at radius 2 is 2.29 bits per heavy atom. The van der Waals surface area contributed by atoms with Crippen molar-refractivity contribution in [1.29, 1.82) is 0 Å². The van der Waals surface area contributed by atoms with Gasteiger partial charge in [0.1, 0.15) is 0 Å². The maximum absolute atomic E-state index is 11.8. The second-order valence-electron chi connectivity index (χ2n) is 5.94. The number of amides is 1. The van der Waals surface area contributed by atoms with Gasteiger partial charge in [0.2, 0.25) is 11.8 Å². The highest BCUT2D eigenvalue weighted by molar-refractivity contribution is 5.78. The zero-order valence-electron chi connectivity index (χ0n) is 12.2. The van der Waals surface area contributed by atoms with Gasteiger partial charge in [0, 0.05) is 30.9 Å². The normalized spacial score (nSPS) is 22.8. The van der Waals surface area contributed by atoms with Gasteiger partial charge in [-0.25, -0.2) is 4.98 Å². The van der Waals surface area contributed by atoms with Crippen molar-refractivity contribution < 1.29 is 9.53 Å². The van der Waals surface area contributed by atoms with Gasteiger partial charge in [-0.2, -0.15) is 0 Å². The van der Waals surface area contributed by atoms with Crippen LogP contribution in [0.5, 0.6) is 5.88 Å². The Morgan fingerprint density at radius 1 is 1.38 bits per heavy atom. The molecule has 0 radical (unpaired) electrons. The highest BCUT2D eigenvalue weighted by atomic mass is 16.5. The number of nitrogens with zero attached hydrogens (tertiary/aromatic N) is 3. The molecule has 1 N–H and O–H groups in total. The van der Waals surface area contributed by atoms with E-state index in [1.165, 1.54) is 0 Å². The van der Waals surface area contributed by atoms with Crippen molar-refractivity contribution in [2.45, 2.75) is 31.7 Å². The maximum Gasteiger partial charge on any atom is 0.234 e.